The Labute approximate surface area is 96.5 Å². The average molecular weight is 208 g/mol. The van der Waals surface area contributed by atoms with Gasteiger partial charge in [-0.05, 0) is 38.5 Å². The molecule has 0 aliphatic carbocycles. The molecular formula is C15H28. The molecule has 0 radical (unpaired) electrons. The molecule has 0 spiro atoms. The lowest BCUT2D eigenvalue weighted by atomic mass is 10.1. The van der Waals surface area contributed by atoms with Crippen molar-refractivity contribution in [3.63, 3.8) is 0 Å². The summed E-state index contributed by atoms with van der Waals surface area (Å²) in [7, 11) is 0. The van der Waals surface area contributed by atoms with Crippen molar-refractivity contribution in [3.8, 4) is 0 Å². The third-order valence-corrected chi connectivity index (χ3v) is 2.67. The summed E-state index contributed by atoms with van der Waals surface area (Å²) in [4.78, 5) is 0. The van der Waals surface area contributed by atoms with Crippen LogP contribution in [0.1, 0.15) is 71.1 Å². The summed E-state index contributed by atoms with van der Waals surface area (Å²) in [5.41, 5.74) is 0. The van der Waals surface area contributed by atoms with Gasteiger partial charge in [0.1, 0.15) is 0 Å². The van der Waals surface area contributed by atoms with Crippen molar-refractivity contribution in [1.82, 2.24) is 0 Å². The molecule has 88 valence electrons. The van der Waals surface area contributed by atoms with Crippen LogP contribution in [0.5, 0.6) is 0 Å². The van der Waals surface area contributed by atoms with Gasteiger partial charge in [0, 0.05) is 0 Å². The Hall–Kier alpha value is -0.520. The van der Waals surface area contributed by atoms with Gasteiger partial charge in [0.2, 0.25) is 0 Å². The first-order valence-corrected chi connectivity index (χ1v) is 6.67. The van der Waals surface area contributed by atoms with Gasteiger partial charge in [0.25, 0.3) is 0 Å². The minimum atomic E-state index is 1.19. The van der Waals surface area contributed by atoms with E-state index in [0.717, 1.165) is 0 Å². The molecule has 0 saturated heterocycles. The van der Waals surface area contributed by atoms with Gasteiger partial charge in [-0.3, -0.25) is 0 Å². The summed E-state index contributed by atoms with van der Waals surface area (Å²) >= 11 is 0. The molecule has 0 heteroatoms. The van der Waals surface area contributed by atoms with Gasteiger partial charge < -0.3 is 0 Å². The standard InChI is InChI=1S/C15H28/c1-3-5-7-9-11-13-15-14-12-10-8-6-4-2/h3,12,14H,1,4-11,13,15H2,2H3/b14-12-. The van der Waals surface area contributed by atoms with Crippen LogP contribution in [0.2, 0.25) is 0 Å². The zero-order valence-corrected chi connectivity index (χ0v) is 10.5. The molecule has 0 aromatic rings. The molecule has 0 aliphatic heterocycles. The lowest BCUT2D eigenvalue weighted by molar-refractivity contribution is 0.651. The lowest BCUT2D eigenvalue weighted by Crippen LogP contribution is -1.76. The number of hydrogen-bond donors (Lipinski definition) is 0. The molecule has 0 unspecified atom stereocenters. The normalized spacial score (nSPS) is 11.0. The number of allylic oxidation sites excluding steroid dienone is 3. The summed E-state index contributed by atoms with van der Waals surface area (Å²) in [5, 5.41) is 0. The van der Waals surface area contributed by atoms with Crippen LogP contribution in [0.25, 0.3) is 0 Å². The lowest BCUT2D eigenvalue weighted by Gasteiger charge is -1.96. The first-order chi connectivity index (χ1) is 7.41. The first-order valence-electron chi connectivity index (χ1n) is 6.67. The largest absolute Gasteiger partial charge is 0.103 e. The second-order valence-corrected chi connectivity index (χ2v) is 4.25. The van der Waals surface area contributed by atoms with Gasteiger partial charge >= 0.3 is 0 Å². The van der Waals surface area contributed by atoms with E-state index in [4.69, 9.17) is 0 Å². The fraction of sp³-hybridized carbons (Fsp3) is 0.733. The molecule has 0 fully saturated rings. The smallest absolute Gasteiger partial charge is 0.0351 e. The summed E-state index contributed by atoms with van der Waals surface area (Å²) in [5.74, 6) is 0. The van der Waals surface area contributed by atoms with E-state index < -0.39 is 0 Å². The molecule has 0 rings (SSSR count). The minimum Gasteiger partial charge on any atom is -0.103 e. The second kappa shape index (κ2) is 13.5. The quantitative estimate of drug-likeness (QED) is 0.304. The van der Waals surface area contributed by atoms with Gasteiger partial charge in [-0.15, -0.1) is 6.58 Å². The van der Waals surface area contributed by atoms with Gasteiger partial charge in [-0.25, -0.2) is 0 Å². The predicted molar refractivity (Wildman–Crippen MR) is 71.2 cm³/mol. The summed E-state index contributed by atoms with van der Waals surface area (Å²) in [6, 6.07) is 0. The Morgan fingerprint density at radius 1 is 0.733 bits per heavy atom. The monoisotopic (exact) mass is 208 g/mol. The van der Waals surface area contributed by atoms with Crippen LogP contribution in [0.4, 0.5) is 0 Å². The highest BCUT2D eigenvalue weighted by Gasteiger charge is 1.87. The maximum atomic E-state index is 3.73. The van der Waals surface area contributed by atoms with E-state index in [9.17, 15) is 0 Å². The highest BCUT2D eigenvalue weighted by atomic mass is 13.9. The number of rotatable bonds is 11. The van der Waals surface area contributed by atoms with Crippen molar-refractivity contribution in [3.05, 3.63) is 24.8 Å². The van der Waals surface area contributed by atoms with Crippen LogP contribution >= 0.6 is 0 Å². The molecule has 0 heterocycles. The zero-order valence-electron chi connectivity index (χ0n) is 10.5. The van der Waals surface area contributed by atoms with Gasteiger partial charge in [-0.2, -0.15) is 0 Å². The molecule has 0 saturated carbocycles. The SMILES string of the molecule is C=CCCCCCC/C=C\CCCCC. The molecule has 15 heavy (non-hydrogen) atoms. The molecule has 0 nitrogen and oxygen atoms in total. The minimum absolute atomic E-state index is 1.19. The van der Waals surface area contributed by atoms with Crippen LogP contribution in [0.3, 0.4) is 0 Å². The maximum Gasteiger partial charge on any atom is -0.0351 e. The molecule has 0 aromatic heterocycles. The average Bonchev–Trinajstić information content (AvgIpc) is 2.26. The Morgan fingerprint density at radius 2 is 1.27 bits per heavy atom. The van der Waals surface area contributed by atoms with Crippen molar-refractivity contribution in [1.29, 1.82) is 0 Å². The fourth-order valence-electron chi connectivity index (χ4n) is 1.65. The Bertz CT molecular complexity index is 144. The van der Waals surface area contributed by atoms with E-state index >= 15 is 0 Å². The summed E-state index contributed by atoms with van der Waals surface area (Å²) < 4.78 is 0. The Morgan fingerprint density at radius 3 is 1.80 bits per heavy atom. The van der Waals surface area contributed by atoms with Crippen LogP contribution in [-0.2, 0) is 0 Å². The molecule has 0 N–H and O–H groups in total. The zero-order chi connectivity index (χ0) is 11.2. The fourth-order valence-corrected chi connectivity index (χ4v) is 1.65. The van der Waals surface area contributed by atoms with Crippen LogP contribution in [0.15, 0.2) is 24.8 Å². The second-order valence-electron chi connectivity index (χ2n) is 4.25. The molecule has 0 atom stereocenters. The van der Waals surface area contributed by atoms with Crippen LogP contribution < -0.4 is 0 Å². The molecule has 0 aromatic carbocycles. The van der Waals surface area contributed by atoms with Crippen LogP contribution in [0, 0.1) is 0 Å². The summed E-state index contributed by atoms with van der Waals surface area (Å²) in [6.45, 7) is 5.99. The van der Waals surface area contributed by atoms with E-state index in [2.05, 4.69) is 25.7 Å². The topological polar surface area (TPSA) is 0 Å². The van der Waals surface area contributed by atoms with Crippen molar-refractivity contribution in [2.45, 2.75) is 71.1 Å². The molecule has 0 amide bonds. The van der Waals surface area contributed by atoms with Gasteiger partial charge in [0.05, 0.1) is 0 Å². The Balaban J connectivity index is 2.99. The van der Waals surface area contributed by atoms with Gasteiger partial charge in [0.15, 0.2) is 0 Å². The third kappa shape index (κ3) is 13.5. The van der Waals surface area contributed by atoms with E-state index in [1.54, 1.807) is 0 Å². The Kier molecular flexibility index (Phi) is 13.0. The molecule has 0 bridgehead atoms. The van der Waals surface area contributed by atoms with Crippen LogP contribution in [-0.4, -0.2) is 0 Å². The van der Waals surface area contributed by atoms with Crippen molar-refractivity contribution in [2.75, 3.05) is 0 Å². The number of unbranched alkanes of at least 4 members (excludes halogenated alkanes) is 8. The first kappa shape index (κ1) is 14.5. The highest BCUT2D eigenvalue weighted by Crippen LogP contribution is 2.07. The third-order valence-electron chi connectivity index (χ3n) is 2.67. The van der Waals surface area contributed by atoms with Crippen molar-refractivity contribution < 1.29 is 0 Å². The maximum absolute atomic E-state index is 3.73. The highest BCUT2D eigenvalue weighted by molar-refractivity contribution is 4.81. The van der Waals surface area contributed by atoms with Gasteiger partial charge in [-0.1, -0.05) is 50.8 Å². The number of hydrogen-bond acceptors (Lipinski definition) is 0. The predicted octanol–water partition coefficient (Wildman–Crippen LogP) is 5.65. The van der Waals surface area contributed by atoms with Crippen molar-refractivity contribution in [2.24, 2.45) is 0 Å². The van der Waals surface area contributed by atoms with E-state index in [-0.39, 0.29) is 0 Å². The van der Waals surface area contributed by atoms with E-state index in [0.29, 0.717) is 0 Å². The molecule has 0 aliphatic rings. The van der Waals surface area contributed by atoms with E-state index in [1.165, 1.54) is 64.2 Å². The molecular weight excluding hydrogens is 180 g/mol. The summed E-state index contributed by atoms with van der Waals surface area (Å²) in [6.07, 6.45) is 20.0. The van der Waals surface area contributed by atoms with E-state index in [1.807, 2.05) is 6.08 Å². The van der Waals surface area contributed by atoms with Crippen molar-refractivity contribution >= 4 is 0 Å².